The Morgan fingerprint density at radius 1 is 1.67 bits per heavy atom. The van der Waals surface area contributed by atoms with E-state index in [4.69, 9.17) is 0 Å². The number of allylic oxidation sites excluding steroid dienone is 1. The van der Waals surface area contributed by atoms with Crippen LogP contribution in [-0.2, 0) is 4.79 Å². The van der Waals surface area contributed by atoms with Gasteiger partial charge in [0, 0.05) is 0 Å². The van der Waals surface area contributed by atoms with Crippen molar-refractivity contribution in [3.63, 3.8) is 0 Å². The van der Waals surface area contributed by atoms with Crippen molar-refractivity contribution in [1.82, 2.24) is 0 Å². The first kappa shape index (κ1) is 12.5. The van der Waals surface area contributed by atoms with Crippen LogP contribution in [0.1, 0.15) is 19.8 Å². The molecule has 3 heteroatoms. The molecule has 0 fully saturated rings. The van der Waals surface area contributed by atoms with E-state index in [1.807, 2.05) is 6.92 Å². The Kier molecular flexibility index (Phi) is 12.3. The van der Waals surface area contributed by atoms with E-state index in [0.717, 1.165) is 18.9 Å². The van der Waals surface area contributed by atoms with Gasteiger partial charge in [0.05, 0.1) is 5.97 Å². The molecule has 0 aliphatic carbocycles. The maximum absolute atomic E-state index is 9.68. The third-order valence-corrected chi connectivity index (χ3v) is 0.709. The number of hydrogen-bond acceptors (Lipinski definition) is 2. The molecular weight excluding hydrogens is 143 g/mol. The minimum Gasteiger partial charge on any atom is -0.545 e. The first-order chi connectivity index (χ1) is 3.77. The summed E-state index contributed by atoms with van der Waals surface area (Å²) in [6, 6.07) is 0. The van der Waals surface area contributed by atoms with Crippen LogP contribution in [0, 0.1) is 0 Å². The van der Waals surface area contributed by atoms with Gasteiger partial charge in [0.15, 0.2) is 0 Å². The number of carboxylic acids is 1. The molecular formula is C6H9KO2. The molecule has 0 atom stereocenters. The van der Waals surface area contributed by atoms with Crippen LogP contribution in [-0.4, -0.2) is 5.97 Å². The number of carbonyl (C=O) groups is 1. The van der Waals surface area contributed by atoms with Gasteiger partial charge in [0.25, 0.3) is 0 Å². The summed E-state index contributed by atoms with van der Waals surface area (Å²) >= 11 is 0. The van der Waals surface area contributed by atoms with E-state index in [1.165, 1.54) is 0 Å². The van der Waals surface area contributed by atoms with E-state index < -0.39 is 5.97 Å². The smallest absolute Gasteiger partial charge is 0.545 e. The Balaban J connectivity index is 0. The van der Waals surface area contributed by atoms with Crippen LogP contribution in [0.4, 0.5) is 0 Å². The predicted octanol–water partition coefficient (Wildman–Crippen LogP) is -2.90. The molecule has 0 aliphatic heterocycles. The topological polar surface area (TPSA) is 40.1 Å². The molecule has 0 aromatic carbocycles. The summed E-state index contributed by atoms with van der Waals surface area (Å²) in [5.41, 5.74) is 0. The number of carbonyl (C=O) groups excluding carboxylic acids is 1. The van der Waals surface area contributed by atoms with Crippen LogP contribution in [0.2, 0.25) is 0 Å². The van der Waals surface area contributed by atoms with Crippen molar-refractivity contribution in [2.45, 2.75) is 19.8 Å². The van der Waals surface area contributed by atoms with Gasteiger partial charge in [-0.05, 0) is 12.5 Å². The maximum Gasteiger partial charge on any atom is 1.00 e. The van der Waals surface area contributed by atoms with Gasteiger partial charge >= 0.3 is 51.4 Å². The Bertz CT molecular complexity index is 99.2. The van der Waals surface area contributed by atoms with Gasteiger partial charge in [-0.15, -0.1) is 0 Å². The van der Waals surface area contributed by atoms with E-state index in [0.29, 0.717) is 0 Å². The molecule has 0 unspecified atom stereocenters. The molecule has 0 saturated carbocycles. The molecule has 0 heterocycles. The number of carboxylic acid groups (broad SMARTS) is 1. The van der Waals surface area contributed by atoms with E-state index in [9.17, 15) is 9.90 Å². The summed E-state index contributed by atoms with van der Waals surface area (Å²) < 4.78 is 0. The van der Waals surface area contributed by atoms with Crippen molar-refractivity contribution < 1.29 is 61.3 Å². The Morgan fingerprint density at radius 3 is 2.56 bits per heavy atom. The first-order valence-electron chi connectivity index (χ1n) is 2.65. The first-order valence-corrected chi connectivity index (χ1v) is 2.65. The van der Waals surface area contributed by atoms with E-state index in [1.54, 1.807) is 6.08 Å². The maximum atomic E-state index is 9.68. The van der Waals surface area contributed by atoms with Crippen LogP contribution in [0.5, 0.6) is 0 Å². The third kappa shape index (κ3) is 12.1. The quantitative estimate of drug-likeness (QED) is 0.321. The normalized spacial score (nSPS) is 9.00. The van der Waals surface area contributed by atoms with Crippen molar-refractivity contribution in [1.29, 1.82) is 0 Å². The van der Waals surface area contributed by atoms with Crippen molar-refractivity contribution in [2.24, 2.45) is 0 Å². The summed E-state index contributed by atoms with van der Waals surface area (Å²) in [4.78, 5) is 9.68. The fourth-order valence-electron chi connectivity index (χ4n) is 0.346. The number of aliphatic carboxylic acids is 1. The van der Waals surface area contributed by atoms with E-state index in [2.05, 4.69) is 0 Å². The SMILES string of the molecule is CCC/C=C/C(=O)[O-].[K+]. The van der Waals surface area contributed by atoms with Crippen molar-refractivity contribution >= 4 is 5.97 Å². The largest absolute Gasteiger partial charge is 1.00 e. The molecule has 0 bridgehead atoms. The Labute approximate surface area is 97.8 Å². The summed E-state index contributed by atoms with van der Waals surface area (Å²) in [6.45, 7) is 1.99. The second-order valence-corrected chi connectivity index (χ2v) is 1.51. The molecule has 9 heavy (non-hydrogen) atoms. The number of unbranched alkanes of at least 4 members (excludes halogenated alkanes) is 1. The van der Waals surface area contributed by atoms with Crippen LogP contribution in [0.15, 0.2) is 12.2 Å². The van der Waals surface area contributed by atoms with Crippen LogP contribution < -0.4 is 56.5 Å². The van der Waals surface area contributed by atoms with Gasteiger partial charge in [-0.3, -0.25) is 0 Å². The zero-order valence-electron chi connectivity index (χ0n) is 5.89. The minimum absolute atomic E-state index is 0. The van der Waals surface area contributed by atoms with Gasteiger partial charge in [0.2, 0.25) is 0 Å². The average Bonchev–Trinajstić information content (AvgIpc) is 1.66. The molecule has 0 saturated heterocycles. The Hall–Kier alpha value is 0.846. The number of hydrogen-bond donors (Lipinski definition) is 0. The van der Waals surface area contributed by atoms with Crippen LogP contribution >= 0.6 is 0 Å². The second kappa shape index (κ2) is 8.85. The molecule has 0 spiro atoms. The average molecular weight is 152 g/mol. The monoisotopic (exact) mass is 152 g/mol. The molecule has 0 aromatic rings. The second-order valence-electron chi connectivity index (χ2n) is 1.51. The molecule has 0 aromatic heterocycles. The standard InChI is InChI=1S/C6H10O2.K/c1-2-3-4-5-6(7)8;/h4-5H,2-3H2,1H3,(H,7,8);/q;+1/p-1/b5-4+;. The number of rotatable bonds is 3. The Morgan fingerprint density at radius 2 is 2.22 bits per heavy atom. The molecule has 2 nitrogen and oxygen atoms in total. The van der Waals surface area contributed by atoms with Gasteiger partial charge in [-0.1, -0.05) is 19.4 Å². The summed E-state index contributed by atoms with van der Waals surface area (Å²) in [5.74, 6) is -1.11. The van der Waals surface area contributed by atoms with Crippen molar-refractivity contribution in [2.75, 3.05) is 0 Å². The van der Waals surface area contributed by atoms with Gasteiger partial charge in [0.1, 0.15) is 0 Å². The summed E-state index contributed by atoms with van der Waals surface area (Å²) in [6.07, 6.45) is 4.44. The van der Waals surface area contributed by atoms with Gasteiger partial charge in [-0.25, -0.2) is 0 Å². The molecule has 0 amide bonds. The van der Waals surface area contributed by atoms with Crippen LogP contribution in [0.25, 0.3) is 0 Å². The van der Waals surface area contributed by atoms with E-state index >= 15 is 0 Å². The van der Waals surface area contributed by atoms with E-state index in [-0.39, 0.29) is 51.4 Å². The minimum atomic E-state index is -1.11. The summed E-state index contributed by atoms with van der Waals surface area (Å²) in [7, 11) is 0. The van der Waals surface area contributed by atoms with Crippen molar-refractivity contribution in [3.05, 3.63) is 12.2 Å². The summed E-state index contributed by atoms with van der Waals surface area (Å²) in [5, 5.41) is 9.68. The predicted molar refractivity (Wildman–Crippen MR) is 29.1 cm³/mol. The van der Waals surface area contributed by atoms with Crippen LogP contribution in [0.3, 0.4) is 0 Å². The molecule has 46 valence electrons. The third-order valence-electron chi connectivity index (χ3n) is 0.709. The van der Waals surface area contributed by atoms with Gasteiger partial charge < -0.3 is 9.90 Å². The fraction of sp³-hybridized carbons (Fsp3) is 0.500. The van der Waals surface area contributed by atoms with Crippen molar-refractivity contribution in [3.8, 4) is 0 Å². The fourth-order valence-corrected chi connectivity index (χ4v) is 0.346. The van der Waals surface area contributed by atoms with Gasteiger partial charge in [-0.2, -0.15) is 0 Å². The molecule has 0 radical (unpaired) electrons. The molecule has 0 rings (SSSR count). The molecule has 0 N–H and O–H groups in total. The molecule has 0 aliphatic rings. The zero-order valence-corrected chi connectivity index (χ0v) is 9.01. The zero-order chi connectivity index (χ0) is 6.41.